The molecule has 1 saturated heterocycles. The third-order valence-electron chi connectivity index (χ3n) is 3.42. The fourth-order valence-corrected chi connectivity index (χ4v) is 2.53. The van der Waals surface area contributed by atoms with Crippen LogP contribution in [0.3, 0.4) is 0 Å². The Morgan fingerprint density at radius 2 is 2.24 bits per heavy atom. The zero-order chi connectivity index (χ0) is 12.1. The van der Waals surface area contributed by atoms with Crippen molar-refractivity contribution in [3.05, 3.63) is 29.8 Å². The molecular formula is C14H21NO2. The standard InChI is InChI=1S/C14H21NO2/c1-16-10-9-15-8-4-7-14(15)12-5-3-6-13(11-12)17-2/h3,5-6,11,14H,4,7-10H2,1-2H3/t14-/m1/s1. The van der Waals surface area contributed by atoms with E-state index in [1.54, 1.807) is 14.2 Å². The highest BCUT2D eigenvalue weighted by molar-refractivity contribution is 5.31. The molecule has 1 aromatic carbocycles. The molecule has 1 fully saturated rings. The summed E-state index contributed by atoms with van der Waals surface area (Å²) in [5.41, 5.74) is 1.36. The minimum Gasteiger partial charge on any atom is -0.497 e. The summed E-state index contributed by atoms with van der Waals surface area (Å²) in [5, 5.41) is 0. The number of benzene rings is 1. The summed E-state index contributed by atoms with van der Waals surface area (Å²) < 4.78 is 10.5. The van der Waals surface area contributed by atoms with Crippen molar-refractivity contribution in [1.82, 2.24) is 4.90 Å². The minimum atomic E-state index is 0.528. The molecule has 0 bridgehead atoms. The number of rotatable bonds is 5. The Bertz CT molecular complexity index is 354. The van der Waals surface area contributed by atoms with Gasteiger partial charge in [0.1, 0.15) is 5.75 Å². The normalized spacial score (nSPS) is 20.7. The van der Waals surface area contributed by atoms with E-state index in [1.165, 1.54) is 24.9 Å². The Labute approximate surface area is 103 Å². The highest BCUT2D eigenvalue weighted by Crippen LogP contribution is 2.32. The molecule has 0 spiro atoms. The van der Waals surface area contributed by atoms with Gasteiger partial charge in [0.2, 0.25) is 0 Å². The van der Waals surface area contributed by atoms with Crippen molar-refractivity contribution in [3.63, 3.8) is 0 Å². The van der Waals surface area contributed by atoms with E-state index in [4.69, 9.17) is 9.47 Å². The molecule has 0 amide bonds. The maximum absolute atomic E-state index is 5.29. The highest BCUT2D eigenvalue weighted by atomic mass is 16.5. The van der Waals surface area contributed by atoms with E-state index in [1.807, 2.05) is 6.07 Å². The number of methoxy groups -OCH3 is 2. The van der Waals surface area contributed by atoms with Gasteiger partial charge in [-0.2, -0.15) is 0 Å². The zero-order valence-electron chi connectivity index (χ0n) is 10.7. The third kappa shape index (κ3) is 2.99. The van der Waals surface area contributed by atoms with Crippen molar-refractivity contribution in [3.8, 4) is 5.75 Å². The van der Waals surface area contributed by atoms with Gasteiger partial charge < -0.3 is 9.47 Å². The van der Waals surface area contributed by atoms with Crippen molar-refractivity contribution >= 4 is 0 Å². The van der Waals surface area contributed by atoms with E-state index in [2.05, 4.69) is 23.1 Å². The van der Waals surface area contributed by atoms with Crippen molar-refractivity contribution < 1.29 is 9.47 Å². The van der Waals surface area contributed by atoms with Crippen LogP contribution >= 0.6 is 0 Å². The second-order valence-electron chi connectivity index (χ2n) is 4.46. The van der Waals surface area contributed by atoms with Crippen LogP contribution in [-0.4, -0.2) is 38.8 Å². The molecule has 0 aromatic heterocycles. The monoisotopic (exact) mass is 235 g/mol. The Balaban J connectivity index is 2.08. The topological polar surface area (TPSA) is 21.7 Å². The summed E-state index contributed by atoms with van der Waals surface area (Å²) in [6.45, 7) is 2.99. The summed E-state index contributed by atoms with van der Waals surface area (Å²) in [6.07, 6.45) is 2.50. The fourth-order valence-electron chi connectivity index (χ4n) is 2.53. The minimum absolute atomic E-state index is 0.528. The van der Waals surface area contributed by atoms with Crippen molar-refractivity contribution in [2.75, 3.05) is 33.9 Å². The average Bonchev–Trinajstić information content (AvgIpc) is 2.84. The molecule has 1 heterocycles. The van der Waals surface area contributed by atoms with Gasteiger partial charge in [-0.05, 0) is 37.1 Å². The fraction of sp³-hybridized carbons (Fsp3) is 0.571. The first-order chi connectivity index (χ1) is 8.35. The van der Waals surface area contributed by atoms with Crippen molar-refractivity contribution in [2.45, 2.75) is 18.9 Å². The molecule has 1 aromatic rings. The molecule has 2 rings (SSSR count). The van der Waals surface area contributed by atoms with Crippen molar-refractivity contribution in [2.24, 2.45) is 0 Å². The molecule has 0 aliphatic carbocycles. The third-order valence-corrected chi connectivity index (χ3v) is 3.42. The van der Waals surface area contributed by atoms with E-state index in [0.29, 0.717) is 6.04 Å². The van der Waals surface area contributed by atoms with Gasteiger partial charge in [0.25, 0.3) is 0 Å². The van der Waals surface area contributed by atoms with Gasteiger partial charge in [-0.3, -0.25) is 4.90 Å². The largest absolute Gasteiger partial charge is 0.497 e. The predicted octanol–water partition coefficient (Wildman–Crippen LogP) is 2.48. The number of hydrogen-bond donors (Lipinski definition) is 0. The molecule has 17 heavy (non-hydrogen) atoms. The van der Waals surface area contributed by atoms with E-state index in [-0.39, 0.29) is 0 Å². The maximum atomic E-state index is 5.29. The Morgan fingerprint density at radius 3 is 3.00 bits per heavy atom. The Morgan fingerprint density at radius 1 is 1.35 bits per heavy atom. The molecule has 3 nitrogen and oxygen atoms in total. The molecule has 0 N–H and O–H groups in total. The Hall–Kier alpha value is -1.06. The Kier molecular flexibility index (Phi) is 4.40. The maximum Gasteiger partial charge on any atom is 0.119 e. The SMILES string of the molecule is COCCN1CCC[C@@H]1c1cccc(OC)c1. The molecule has 0 radical (unpaired) electrons. The summed E-state index contributed by atoms with van der Waals surface area (Å²) >= 11 is 0. The van der Waals surface area contributed by atoms with Crippen LogP contribution in [0.4, 0.5) is 0 Å². The van der Waals surface area contributed by atoms with E-state index in [0.717, 1.165) is 18.9 Å². The number of hydrogen-bond acceptors (Lipinski definition) is 3. The zero-order valence-corrected chi connectivity index (χ0v) is 10.7. The smallest absolute Gasteiger partial charge is 0.119 e. The van der Waals surface area contributed by atoms with Crippen LogP contribution in [-0.2, 0) is 4.74 Å². The van der Waals surface area contributed by atoms with Crippen molar-refractivity contribution in [1.29, 1.82) is 0 Å². The lowest BCUT2D eigenvalue weighted by atomic mass is 10.0. The van der Waals surface area contributed by atoms with Gasteiger partial charge in [0.15, 0.2) is 0 Å². The lowest BCUT2D eigenvalue weighted by Gasteiger charge is -2.24. The molecule has 0 unspecified atom stereocenters. The first kappa shape index (κ1) is 12.4. The molecule has 94 valence electrons. The van der Waals surface area contributed by atoms with Crippen LogP contribution < -0.4 is 4.74 Å². The summed E-state index contributed by atoms with van der Waals surface area (Å²) in [6, 6.07) is 8.94. The van der Waals surface area contributed by atoms with Crippen LogP contribution in [0.1, 0.15) is 24.4 Å². The van der Waals surface area contributed by atoms with Gasteiger partial charge in [-0.1, -0.05) is 12.1 Å². The van der Waals surface area contributed by atoms with E-state index in [9.17, 15) is 0 Å². The van der Waals surface area contributed by atoms with Crippen LogP contribution in [0.15, 0.2) is 24.3 Å². The number of likely N-dealkylation sites (tertiary alicyclic amines) is 1. The van der Waals surface area contributed by atoms with E-state index < -0.39 is 0 Å². The predicted molar refractivity (Wildman–Crippen MR) is 68.4 cm³/mol. The van der Waals surface area contributed by atoms with E-state index >= 15 is 0 Å². The highest BCUT2D eigenvalue weighted by Gasteiger charge is 2.25. The molecule has 0 saturated carbocycles. The second kappa shape index (κ2) is 6.03. The molecule has 1 aliphatic rings. The molecule has 3 heteroatoms. The number of ether oxygens (including phenoxy) is 2. The number of nitrogens with zero attached hydrogens (tertiary/aromatic N) is 1. The van der Waals surface area contributed by atoms with Crippen LogP contribution in [0.25, 0.3) is 0 Å². The van der Waals surface area contributed by atoms with Gasteiger partial charge in [0.05, 0.1) is 13.7 Å². The lowest BCUT2D eigenvalue weighted by molar-refractivity contribution is 0.141. The quantitative estimate of drug-likeness (QED) is 0.782. The first-order valence-electron chi connectivity index (χ1n) is 6.22. The van der Waals surface area contributed by atoms with Gasteiger partial charge in [-0.15, -0.1) is 0 Å². The second-order valence-corrected chi connectivity index (χ2v) is 4.46. The lowest BCUT2D eigenvalue weighted by Crippen LogP contribution is -2.26. The molecular weight excluding hydrogens is 214 g/mol. The van der Waals surface area contributed by atoms with Gasteiger partial charge in [0, 0.05) is 19.7 Å². The van der Waals surface area contributed by atoms with Gasteiger partial charge in [-0.25, -0.2) is 0 Å². The molecule has 1 atom stereocenters. The van der Waals surface area contributed by atoms with Gasteiger partial charge >= 0.3 is 0 Å². The summed E-state index contributed by atoms with van der Waals surface area (Å²) in [5.74, 6) is 0.945. The van der Waals surface area contributed by atoms with Crippen LogP contribution in [0.2, 0.25) is 0 Å². The summed E-state index contributed by atoms with van der Waals surface area (Å²) in [4.78, 5) is 2.50. The van der Waals surface area contributed by atoms with Crippen LogP contribution in [0, 0.1) is 0 Å². The first-order valence-corrected chi connectivity index (χ1v) is 6.22. The molecule has 1 aliphatic heterocycles. The summed E-state index contributed by atoms with van der Waals surface area (Å²) in [7, 11) is 3.48. The van der Waals surface area contributed by atoms with Crippen LogP contribution in [0.5, 0.6) is 5.75 Å². The average molecular weight is 235 g/mol.